The van der Waals surface area contributed by atoms with Crippen molar-refractivity contribution >= 4 is 17.0 Å². The molecule has 6 heteroatoms. The number of aromatic nitrogens is 3. The van der Waals surface area contributed by atoms with Gasteiger partial charge < -0.3 is 6.53 Å². The first-order valence-electron chi connectivity index (χ1n) is 7.89. The van der Waals surface area contributed by atoms with Gasteiger partial charge in [-0.3, -0.25) is 14.3 Å². The van der Waals surface area contributed by atoms with Crippen molar-refractivity contribution in [1.82, 2.24) is 14.5 Å². The summed E-state index contributed by atoms with van der Waals surface area (Å²) in [6, 6.07) is 17.6. The van der Waals surface area contributed by atoms with Gasteiger partial charge >= 0.3 is 24.8 Å². The second kappa shape index (κ2) is 7.57. The Morgan fingerprint density at radius 1 is 1.00 bits per heavy atom. The number of benzene rings is 2. The predicted octanol–water partition coefficient (Wildman–Crippen LogP) is 0.831. The molecule has 0 bridgehead atoms. The fraction of sp³-hybridized carbons (Fsp3) is 0.0500. The molecule has 2 heterocycles. The van der Waals surface area contributed by atoms with Gasteiger partial charge in [0.05, 0.1) is 17.5 Å². The van der Waals surface area contributed by atoms with Gasteiger partial charge in [0.25, 0.3) is 0 Å². The van der Waals surface area contributed by atoms with E-state index in [0.717, 1.165) is 33.4 Å². The number of carbonyl (C=O) groups is 1. The molecule has 0 spiro atoms. The molecule has 0 saturated carbocycles. The van der Waals surface area contributed by atoms with Crippen LogP contribution in [0.3, 0.4) is 0 Å². The van der Waals surface area contributed by atoms with E-state index in [9.17, 15) is 4.79 Å². The number of hydrogen-bond acceptors (Lipinski definition) is 3. The van der Waals surface area contributed by atoms with E-state index in [0.29, 0.717) is 0 Å². The van der Waals surface area contributed by atoms with Crippen LogP contribution >= 0.6 is 0 Å². The van der Waals surface area contributed by atoms with Crippen molar-refractivity contribution in [2.45, 2.75) is 6.42 Å². The minimum absolute atomic E-state index is 0. The summed E-state index contributed by atoms with van der Waals surface area (Å²) in [6.07, 6.45) is 5.36. The van der Waals surface area contributed by atoms with Gasteiger partial charge in [0.1, 0.15) is 6.33 Å². The van der Waals surface area contributed by atoms with Crippen LogP contribution in [0.4, 0.5) is 0 Å². The van der Waals surface area contributed by atoms with E-state index in [2.05, 4.69) is 22.1 Å². The Labute approximate surface area is 164 Å². The number of carboxylic acids is 1. The molecule has 4 rings (SSSR count). The second-order valence-electron chi connectivity index (χ2n) is 5.79. The molecular weight excluding hydrogens is 321 g/mol. The fourth-order valence-corrected chi connectivity index (χ4v) is 2.89. The van der Waals surface area contributed by atoms with E-state index in [1.54, 1.807) is 18.7 Å². The van der Waals surface area contributed by atoms with Crippen molar-refractivity contribution in [3.8, 4) is 16.8 Å². The first-order chi connectivity index (χ1) is 12.2. The maximum Gasteiger partial charge on any atom is 1.00 e. The average molecular weight is 337 g/mol. The van der Waals surface area contributed by atoms with Crippen molar-refractivity contribution in [2.24, 2.45) is 0 Å². The van der Waals surface area contributed by atoms with Crippen molar-refractivity contribution in [2.75, 3.05) is 0 Å². The maximum atomic E-state index is 10.8. The largest absolute Gasteiger partial charge is 1.00 e. The summed E-state index contributed by atoms with van der Waals surface area (Å²) in [5, 5.41) is 8.86. The van der Waals surface area contributed by atoms with E-state index < -0.39 is 5.97 Å². The molecule has 2 aromatic carbocycles. The van der Waals surface area contributed by atoms with Crippen molar-refractivity contribution < 1.29 is 30.2 Å². The number of aliphatic carboxylic acids is 1. The molecular formula is C20H16LiN3O2. The minimum Gasteiger partial charge on any atom is -1.00 e. The standard InChI is InChI=1S/C20H15N3O2.Li.H/c24-20(25)11-14-1-4-17(5-2-14)23-13-22-18-12-16(3-6-19(18)23)15-7-9-21-10-8-15;;/h1-10,12-13H,11H2,(H,24,25);;/q;+1;-1. The molecule has 0 amide bonds. The third-order valence-electron chi connectivity index (χ3n) is 4.13. The van der Waals surface area contributed by atoms with E-state index in [4.69, 9.17) is 5.11 Å². The number of nitrogens with zero attached hydrogens (tertiary/aromatic N) is 3. The molecule has 0 atom stereocenters. The smallest absolute Gasteiger partial charge is 1.00 e. The Morgan fingerprint density at radius 2 is 1.73 bits per heavy atom. The Balaban J connectivity index is 0.00000131. The van der Waals surface area contributed by atoms with Crippen LogP contribution in [0.15, 0.2) is 73.3 Å². The zero-order valence-corrected chi connectivity index (χ0v) is 14.3. The third kappa shape index (κ3) is 3.55. The van der Waals surface area contributed by atoms with E-state index in [1.807, 2.05) is 47.0 Å². The third-order valence-corrected chi connectivity index (χ3v) is 4.13. The molecule has 0 radical (unpaired) electrons. The van der Waals surface area contributed by atoms with E-state index >= 15 is 0 Å². The monoisotopic (exact) mass is 337 g/mol. The van der Waals surface area contributed by atoms with Crippen LogP contribution in [0.1, 0.15) is 6.99 Å². The molecule has 0 fully saturated rings. The molecule has 0 aliphatic carbocycles. The summed E-state index contributed by atoms with van der Waals surface area (Å²) in [7, 11) is 0. The molecule has 26 heavy (non-hydrogen) atoms. The van der Waals surface area contributed by atoms with Crippen LogP contribution in [0.2, 0.25) is 0 Å². The molecule has 124 valence electrons. The molecule has 4 aromatic rings. The van der Waals surface area contributed by atoms with Crippen molar-refractivity contribution in [3.05, 3.63) is 78.9 Å². The quantitative estimate of drug-likeness (QED) is 0.560. The summed E-state index contributed by atoms with van der Waals surface area (Å²) in [5.74, 6) is -0.829. The van der Waals surface area contributed by atoms with Crippen molar-refractivity contribution in [3.63, 3.8) is 0 Å². The summed E-state index contributed by atoms with van der Waals surface area (Å²) in [4.78, 5) is 19.3. The van der Waals surface area contributed by atoms with Crippen LogP contribution in [-0.4, -0.2) is 25.6 Å². The number of rotatable bonds is 4. The van der Waals surface area contributed by atoms with Gasteiger partial charge in [-0.15, -0.1) is 0 Å². The van der Waals surface area contributed by atoms with Crippen LogP contribution in [0.25, 0.3) is 27.8 Å². The Kier molecular flexibility index (Phi) is 5.22. The first kappa shape index (κ1) is 17.9. The zero-order chi connectivity index (χ0) is 17.2. The van der Waals surface area contributed by atoms with Gasteiger partial charge in [0.15, 0.2) is 0 Å². The van der Waals surface area contributed by atoms with Crippen LogP contribution in [-0.2, 0) is 11.2 Å². The van der Waals surface area contributed by atoms with Crippen molar-refractivity contribution in [1.29, 1.82) is 0 Å². The van der Waals surface area contributed by atoms with Gasteiger partial charge in [-0.2, -0.15) is 0 Å². The summed E-state index contributed by atoms with van der Waals surface area (Å²) in [5.41, 5.74) is 5.84. The predicted molar refractivity (Wildman–Crippen MR) is 96.8 cm³/mol. The van der Waals surface area contributed by atoms with Gasteiger partial charge in [0.2, 0.25) is 0 Å². The van der Waals surface area contributed by atoms with Gasteiger partial charge in [-0.1, -0.05) is 18.2 Å². The Morgan fingerprint density at radius 3 is 2.42 bits per heavy atom. The van der Waals surface area contributed by atoms with Crippen LogP contribution < -0.4 is 18.9 Å². The summed E-state index contributed by atoms with van der Waals surface area (Å²) in [6.45, 7) is 0. The number of hydrogen-bond donors (Lipinski definition) is 1. The number of imidazole rings is 1. The Bertz CT molecular complexity index is 1050. The zero-order valence-electron chi connectivity index (χ0n) is 15.3. The number of fused-ring (bicyclic) bond motifs is 1. The summed E-state index contributed by atoms with van der Waals surface area (Å²) >= 11 is 0. The maximum absolute atomic E-state index is 10.8. The molecule has 0 unspecified atom stereocenters. The van der Waals surface area contributed by atoms with Gasteiger partial charge in [-0.05, 0) is 53.1 Å². The average Bonchev–Trinajstić information content (AvgIpc) is 3.06. The minimum atomic E-state index is -0.829. The number of carboxylic acid groups (broad SMARTS) is 1. The van der Waals surface area contributed by atoms with Gasteiger partial charge in [0, 0.05) is 18.1 Å². The normalized spacial score (nSPS) is 10.5. The Hall–Kier alpha value is -2.87. The summed E-state index contributed by atoms with van der Waals surface area (Å²) < 4.78 is 2.00. The second-order valence-corrected chi connectivity index (χ2v) is 5.79. The fourth-order valence-electron chi connectivity index (χ4n) is 2.89. The van der Waals surface area contributed by atoms with Crippen LogP contribution in [0.5, 0.6) is 0 Å². The molecule has 0 saturated heterocycles. The van der Waals surface area contributed by atoms with E-state index in [1.165, 1.54) is 0 Å². The molecule has 1 N–H and O–H groups in total. The first-order valence-corrected chi connectivity index (χ1v) is 7.89. The molecule has 0 aliphatic heterocycles. The number of pyridine rings is 1. The van der Waals surface area contributed by atoms with E-state index in [-0.39, 0.29) is 26.7 Å². The molecule has 2 aromatic heterocycles. The molecule has 5 nitrogen and oxygen atoms in total. The van der Waals surface area contributed by atoms with Crippen LogP contribution in [0, 0.1) is 0 Å². The molecule has 0 aliphatic rings. The topological polar surface area (TPSA) is 68.0 Å². The SMILES string of the molecule is O=C(O)Cc1ccc(-n2cnc3cc(-c4ccncc4)ccc32)cc1.[H-].[Li+]. The van der Waals surface area contributed by atoms with Gasteiger partial charge in [-0.25, -0.2) is 4.98 Å².